The van der Waals surface area contributed by atoms with E-state index >= 15 is 0 Å². The Bertz CT molecular complexity index is 585. The van der Waals surface area contributed by atoms with Crippen LogP contribution in [0.25, 0.3) is 10.9 Å². The fraction of sp³-hybridized carbons (Fsp3) is 0.357. The van der Waals surface area contributed by atoms with Gasteiger partial charge >= 0.3 is 5.97 Å². The summed E-state index contributed by atoms with van der Waals surface area (Å²) in [7, 11) is 0. The van der Waals surface area contributed by atoms with Gasteiger partial charge in [-0.1, -0.05) is 0 Å². The van der Waals surface area contributed by atoms with Crippen LogP contribution in [-0.2, 0) is 4.74 Å². The zero-order chi connectivity index (χ0) is 13.3. The highest BCUT2D eigenvalue weighted by Crippen LogP contribution is 2.26. The molecule has 1 aromatic heterocycles. The minimum atomic E-state index is -0.291. The molecule has 0 aliphatic carbocycles. The van der Waals surface area contributed by atoms with E-state index in [0.29, 0.717) is 18.0 Å². The first-order valence-electron chi connectivity index (χ1n) is 6.12. The van der Waals surface area contributed by atoms with Crippen LogP contribution in [0.3, 0.4) is 0 Å². The summed E-state index contributed by atoms with van der Waals surface area (Å²) in [4.78, 5) is 12.0. The van der Waals surface area contributed by atoms with Crippen LogP contribution in [0.1, 0.15) is 37.3 Å². The molecule has 0 fully saturated rings. The number of hydrogen-bond acceptors (Lipinski definition) is 3. The van der Waals surface area contributed by atoms with Crippen molar-refractivity contribution in [2.45, 2.75) is 26.8 Å². The average molecular weight is 246 g/mol. The molecule has 2 rings (SSSR count). The lowest BCUT2D eigenvalue weighted by molar-refractivity contribution is 0.0513. The Morgan fingerprint density at radius 1 is 1.39 bits per heavy atom. The molecule has 4 heteroatoms. The third-order valence-corrected chi connectivity index (χ3v) is 2.86. The Labute approximate surface area is 106 Å². The number of aromatic nitrogens is 1. The van der Waals surface area contributed by atoms with Crippen LogP contribution < -0.4 is 5.73 Å². The first kappa shape index (κ1) is 12.5. The maximum absolute atomic E-state index is 12.0. The Balaban J connectivity index is 2.64. The molecule has 0 saturated heterocycles. The standard InChI is InChI=1S/C14H18N2O2/c1-4-18-14(17)13-8-10-7-11(15)5-6-12(10)16(13)9(2)3/h5-9H,4,15H2,1-3H3. The summed E-state index contributed by atoms with van der Waals surface area (Å²) in [5.41, 5.74) is 8.04. The molecule has 1 aromatic carbocycles. The van der Waals surface area contributed by atoms with Crippen molar-refractivity contribution in [3.8, 4) is 0 Å². The molecule has 0 saturated carbocycles. The SMILES string of the molecule is CCOC(=O)c1cc2cc(N)ccc2n1C(C)C. The number of esters is 1. The third kappa shape index (κ3) is 2.06. The molecule has 0 radical (unpaired) electrons. The number of benzene rings is 1. The van der Waals surface area contributed by atoms with Crippen molar-refractivity contribution in [1.29, 1.82) is 0 Å². The molecule has 0 aliphatic heterocycles. The van der Waals surface area contributed by atoms with Gasteiger partial charge in [-0.05, 0) is 45.0 Å². The number of nitrogens with zero attached hydrogens (tertiary/aromatic N) is 1. The lowest BCUT2D eigenvalue weighted by Crippen LogP contribution is -2.13. The third-order valence-electron chi connectivity index (χ3n) is 2.86. The average Bonchev–Trinajstić information content (AvgIpc) is 2.67. The molecular weight excluding hydrogens is 228 g/mol. The summed E-state index contributed by atoms with van der Waals surface area (Å²) in [5, 5.41) is 0.965. The number of carbonyl (C=O) groups excluding carboxylic acids is 1. The molecule has 1 heterocycles. The van der Waals surface area contributed by atoms with E-state index in [1.165, 1.54) is 0 Å². The molecule has 0 spiro atoms. The number of ether oxygens (including phenoxy) is 1. The van der Waals surface area contributed by atoms with Crippen LogP contribution in [-0.4, -0.2) is 17.1 Å². The largest absolute Gasteiger partial charge is 0.461 e. The first-order chi connectivity index (χ1) is 8.54. The van der Waals surface area contributed by atoms with Crippen LogP contribution in [0.15, 0.2) is 24.3 Å². The first-order valence-corrected chi connectivity index (χ1v) is 6.12. The topological polar surface area (TPSA) is 57.2 Å². The van der Waals surface area contributed by atoms with Crippen LogP contribution in [0, 0.1) is 0 Å². The second kappa shape index (κ2) is 4.72. The van der Waals surface area contributed by atoms with Crippen LogP contribution in [0.2, 0.25) is 0 Å². The summed E-state index contributed by atoms with van der Waals surface area (Å²) in [6.07, 6.45) is 0. The van der Waals surface area contributed by atoms with Crippen LogP contribution in [0.4, 0.5) is 5.69 Å². The van der Waals surface area contributed by atoms with Crippen molar-refractivity contribution in [1.82, 2.24) is 4.57 Å². The van der Waals surface area contributed by atoms with Crippen LogP contribution >= 0.6 is 0 Å². The monoisotopic (exact) mass is 246 g/mol. The maximum atomic E-state index is 12.0. The molecule has 2 N–H and O–H groups in total. The number of carbonyl (C=O) groups is 1. The highest BCUT2D eigenvalue weighted by Gasteiger charge is 2.18. The number of rotatable bonds is 3. The fourth-order valence-corrected chi connectivity index (χ4v) is 2.17. The number of nitrogens with two attached hydrogens (primary N) is 1. The molecule has 0 amide bonds. The lowest BCUT2D eigenvalue weighted by atomic mass is 10.2. The molecule has 0 atom stereocenters. The highest BCUT2D eigenvalue weighted by atomic mass is 16.5. The maximum Gasteiger partial charge on any atom is 0.354 e. The van der Waals surface area contributed by atoms with Gasteiger partial charge in [0.1, 0.15) is 5.69 Å². The normalized spacial score (nSPS) is 11.1. The lowest BCUT2D eigenvalue weighted by Gasteiger charge is -2.13. The predicted octanol–water partition coefficient (Wildman–Crippen LogP) is 2.98. The van der Waals surface area contributed by atoms with E-state index in [-0.39, 0.29) is 12.0 Å². The van der Waals surface area contributed by atoms with Crippen molar-refractivity contribution in [3.63, 3.8) is 0 Å². The smallest absolute Gasteiger partial charge is 0.354 e. The van der Waals surface area contributed by atoms with Crippen molar-refractivity contribution in [2.24, 2.45) is 0 Å². The second-order valence-electron chi connectivity index (χ2n) is 4.53. The van der Waals surface area contributed by atoms with Gasteiger partial charge in [0.2, 0.25) is 0 Å². The molecule has 0 unspecified atom stereocenters. The summed E-state index contributed by atoms with van der Waals surface area (Å²) >= 11 is 0. The van der Waals surface area contributed by atoms with E-state index in [2.05, 4.69) is 0 Å². The van der Waals surface area contributed by atoms with Gasteiger partial charge in [0.25, 0.3) is 0 Å². The minimum absolute atomic E-state index is 0.186. The van der Waals surface area contributed by atoms with Crippen LogP contribution in [0.5, 0.6) is 0 Å². The molecule has 18 heavy (non-hydrogen) atoms. The zero-order valence-electron chi connectivity index (χ0n) is 10.9. The molecule has 4 nitrogen and oxygen atoms in total. The van der Waals surface area contributed by atoms with E-state index in [4.69, 9.17) is 10.5 Å². The van der Waals surface area contributed by atoms with Crippen molar-refractivity contribution in [3.05, 3.63) is 30.0 Å². The van der Waals surface area contributed by atoms with Crippen molar-refractivity contribution >= 4 is 22.6 Å². The second-order valence-corrected chi connectivity index (χ2v) is 4.53. The number of fused-ring (bicyclic) bond motifs is 1. The van der Waals surface area contributed by atoms with Gasteiger partial charge in [-0.2, -0.15) is 0 Å². The minimum Gasteiger partial charge on any atom is -0.461 e. The molecule has 0 bridgehead atoms. The van der Waals surface area contributed by atoms with Gasteiger partial charge in [-0.25, -0.2) is 4.79 Å². The zero-order valence-corrected chi connectivity index (χ0v) is 10.9. The van der Waals surface area contributed by atoms with Gasteiger partial charge in [-0.3, -0.25) is 0 Å². The summed E-state index contributed by atoms with van der Waals surface area (Å²) in [6.45, 7) is 6.26. The Hall–Kier alpha value is -1.97. The number of nitrogen functional groups attached to an aromatic ring is 1. The molecular formula is C14H18N2O2. The van der Waals surface area contributed by atoms with E-state index in [0.717, 1.165) is 10.9 Å². The summed E-state index contributed by atoms with van der Waals surface area (Å²) in [5.74, 6) is -0.291. The van der Waals surface area contributed by atoms with Gasteiger partial charge < -0.3 is 15.0 Å². The Kier molecular flexibility index (Phi) is 3.28. The Morgan fingerprint density at radius 3 is 2.72 bits per heavy atom. The highest BCUT2D eigenvalue weighted by molar-refractivity contribution is 5.96. The Morgan fingerprint density at radius 2 is 2.11 bits per heavy atom. The van der Waals surface area contributed by atoms with E-state index < -0.39 is 0 Å². The van der Waals surface area contributed by atoms with Gasteiger partial charge in [0, 0.05) is 22.6 Å². The quantitative estimate of drug-likeness (QED) is 0.669. The molecule has 96 valence electrons. The van der Waals surface area contributed by atoms with E-state index in [1.807, 2.05) is 42.7 Å². The number of hydrogen-bond donors (Lipinski definition) is 1. The summed E-state index contributed by atoms with van der Waals surface area (Å²) < 4.78 is 7.07. The van der Waals surface area contributed by atoms with Gasteiger partial charge in [0.05, 0.1) is 6.61 Å². The fourth-order valence-electron chi connectivity index (χ4n) is 2.17. The van der Waals surface area contributed by atoms with E-state index in [9.17, 15) is 4.79 Å². The predicted molar refractivity (Wildman–Crippen MR) is 72.7 cm³/mol. The molecule has 2 aromatic rings. The van der Waals surface area contributed by atoms with Gasteiger partial charge in [-0.15, -0.1) is 0 Å². The summed E-state index contributed by atoms with van der Waals surface area (Å²) in [6, 6.07) is 7.68. The van der Waals surface area contributed by atoms with Crippen molar-refractivity contribution < 1.29 is 9.53 Å². The van der Waals surface area contributed by atoms with E-state index in [1.54, 1.807) is 6.92 Å². The van der Waals surface area contributed by atoms with Crippen molar-refractivity contribution in [2.75, 3.05) is 12.3 Å². The number of anilines is 1. The molecule has 0 aliphatic rings. The van der Waals surface area contributed by atoms with Gasteiger partial charge in [0.15, 0.2) is 0 Å².